The van der Waals surface area contributed by atoms with Gasteiger partial charge in [-0.05, 0) is 65.4 Å². The lowest BCUT2D eigenvalue weighted by Gasteiger charge is -2.37. The van der Waals surface area contributed by atoms with Crippen LogP contribution in [0.2, 0.25) is 0 Å². The van der Waals surface area contributed by atoms with E-state index in [4.69, 9.17) is 18.9 Å². The van der Waals surface area contributed by atoms with Crippen molar-refractivity contribution in [1.29, 1.82) is 0 Å². The van der Waals surface area contributed by atoms with Crippen LogP contribution >= 0.6 is 11.3 Å². The molecule has 0 fully saturated rings. The molecule has 0 unspecified atom stereocenters. The first-order valence-corrected chi connectivity index (χ1v) is 11.8. The predicted molar refractivity (Wildman–Crippen MR) is 129 cm³/mol. The van der Waals surface area contributed by atoms with E-state index >= 15 is 0 Å². The molecular weight excluding hydrogens is 454 g/mol. The lowest BCUT2D eigenvalue weighted by Crippen LogP contribution is -2.43. The van der Waals surface area contributed by atoms with Gasteiger partial charge in [0.25, 0.3) is 0 Å². The fraction of sp³-hybridized carbons (Fsp3) is 0.308. The first-order chi connectivity index (χ1) is 16.5. The van der Waals surface area contributed by atoms with Crippen molar-refractivity contribution in [2.24, 2.45) is 0 Å². The highest BCUT2D eigenvalue weighted by atomic mass is 32.1. The minimum atomic E-state index is -0.404. The van der Waals surface area contributed by atoms with Crippen molar-refractivity contribution in [3.05, 3.63) is 75.5 Å². The predicted octanol–water partition coefficient (Wildman–Crippen LogP) is 4.30. The van der Waals surface area contributed by atoms with Gasteiger partial charge in [-0.3, -0.25) is 4.79 Å². The Morgan fingerprint density at radius 3 is 2.41 bits per heavy atom. The van der Waals surface area contributed by atoms with Gasteiger partial charge in [0.05, 0.1) is 39.4 Å². The molecule has 1 aromatic heterocycles. The lowest BCUT2D eigenvalue weighted by atomic mass is 9.91. The first kappa shape index (κ1) is 23.6. The summed E-state index contributed by atoms with van der Waals surface area (Å²) in [6.07, 6.45) is 1.07. The zero-order valence-electron chi connectivity index (χ0n) is 19.4. The zero-order chi connectivity index (χ0) is 24.1. The van der Waals surface area contributed by atoms with E-state index in [-0.39, 0.29) is 18.6 Å². The number of carbonyl (C=O) groups excluding carboxylic acids is 2. The van der Waals surface area contributed by atoms with Crippen LogP contribution in [0.1, 0.15) is 32.4 Å². The molecule has 1 amide bonds. The van der Waals surface area contributed by atoms with Gasteiger partial charge in [-0.15, -0.1) is 11.3 Å². The average molecular weight is 482 g/mol. The van der Waals surface area contributed by atoms with Crippen molar-refractivity contribution in [2.75, 3.05) is 34.5 Å². The van der Waals surface area contributed by atoms with Gasteiger partial charge in [-0.1, -0.05) is 6.07 Å². The van der Waals surface area contributed by atoms with Gasteiger partial charge < -0.3 is 23.8 Å². The highest BCUT2D eigenvalue weighted by molar-refractivity contribution is 7.10. The summed E-state index contributed by atoms with van der Waals surface area (Å²) in [5.41, 5.74) is 2.53. The van der Waals surface area contributed by atoms with Gasteiger partial charge in [0.15, 0.2) is 11.5 Å². The summed E-state index contributed by atoms with van der Waals surface area (Å²) < 4.78 is 21.9. The van der Waals surface area contributed by atoms with Crippen molar-refractivity contribution in [3.8, 4) is 17.2 Å². The largest absolute Gasteiger partial charge is 0.493 e. The van der Waals surface area contributed by atoms with Crippen LogP contribution in [-0.4, -0.2) is 51.3 Å². The maximum atomic E-state index is 13.3. The molecule has 0 saturated carbocycles. The molecule has 2 heterocycles. The molecule has 0 radical (unpaired) electrons. The maximum Gasteiger partial charge on any atom is 0.337 e. The molecule has 0 saturated heterocycles. The molecule has 7 nitrogen and oxygen atoms in total. The van der Waals surface area contributed by atoms with Gasteiger partial charge >= 0.3 is 5.97 Å². The van der Waals surface area contributed by atoms with Gasteiger partial charge in [-0.2, -0.15) is 0 Å². The molecule has 0 spiro atoms. The number of hydrogen-bond acceptors (Lipinski definition) is 7. The van der Waals surface area contributed by atoms with Crippen LogP contribution in [0.5, 0.6) is 17.2 Å². The third-order valence-corrected chi connectivity index (χ3v) is 6.79. The van der Waals surface area contributed by atoms with E-state index < -0.39 is 5.97 Å². The quantitative estimate of drug-likeness (QED) is 0.447. The van der Waals surface area contributed by atoms with Crippen LogP contribution in [0.3, 0.4) is 0 Å². The van der Waals surface area contributed by atoms with E-state index in [9.17, 15) is 9.59 Å². The summed E-state index contributed by atoms with van der Waals surface area (Å²) in [7, 11) is 4.56. The lowest BCUT2D eigenvalue weighted by molar-refractivity contribution is -0.134. The van der Waals surface area contributed by atoms with Gasteiger partial charge in [0.2, 0.25) is 5.91 Å². The average Bonchev–Trinajstić information content (AvgIpc) is 3.39. The third-order valence-electron chi connectivity index (χ3n) is 5.91. The molecule has 4 rings (SSSR count). The van der Waals surface area contributed by atoms with Crippen LogP contribution in [0, 0.1) is 0 Å². The number of thiophene rings is 1. The van der Waals surface area contributed by atoms with Crippen molar-refractivity contribution in [1.82, 2.24) is 4.90 Å². The molecule has 178 valence electrons. The van der Waals surface area contributed by atoms with Gasteiger partial charge in [-0.25, -0.2) is 4.79 Å². The number of esters is 1. The molecule has 2 aromatic carbocycles. The van der Waals surface area contributed by atoms with Crippen molar-refractivity contribution >= 4 is 23.2 Å². The van der Waals surface area contributed by atoms with Crippen molar-refractivity contribution < 1.29 is 28.5 Å². The minimum absolute atomic E-state index is 0.0533. The summed E-state index contributed by atoms with van der Waals surface area (Å²) in [6, 6.07) is 14.3. The molecule has 1 atom stereocenters. The molecule has 0 aliphatic carbocycles. The second-order valence-electron chi connectivity index (χ2n) is 7.84. The van der Waals surface area contributed by atoms with E-state index in [0.29, 0.717) is 35.8 Å². The number of carbonyl (C=O) groups is 2. The molecule has 34 heavy (non-hydrogen) atoms. The van der Waals surface area contributed by atoms with Crippen LogP contribution < -0.4 is 14.2 Å². The molecule has 8 heteroatoms. The minimum Gasteiger partial charge on any atom is -0.493 e. The van der Waals surface area contributed by atoms with E-state index in [0.717, 1.165) is 22.4 Å². The highest BCUT2D eigenvalue weighted by Crippen LogP contribution is 2.38. The van der Waals surface area contributed by atoms with Gasteiger partial charge in [0.1, 0.15) is 12.4 Å². The van der Waals surface area contributed by atoms with E-state index in [2.05, 4.69) is 0 Å². The fourth-order valence-corrected chi connectivity index (χ4v) is 4.85. The summed E-state index contributed by atoms with van der Waals surface area (Å²) in [6.45, 7) is 0.845. The number of benzene rings is 2. The Hall–Kier alpha value is -3.52. The normalized spacial score (nSPS) is 14.8. The molecular formula is C26H27NO6S. The summed E-state index contributed by atoms with van der Waals surface area (Å²) >= 11 is 1.58. The van der Waals surface area contributed by atoms with Gasteiger partial charge in [0, 0.05) is 11.4 Å². The molecule has 1 aliphatic heterocycles. The number of hydrogen-bond donors (Lipinski definition) is 0. The number of amides is 1. The Morgan fingerprint density at radius 1 is 1.03 bits per heavy atom. The zero-order valence-corrected chi connectivity index (χ0v) is 20.2. The summed E-state index contributed by atoms with van der Waals surface area (Å²) in [5.74, 6) is 1.53. The Balaban J connectivity index is 1.61. The van der Waals surface area contributed by atoms with E-state index in [1.165, 1.54) is 7.11 Å². The number of ether oxygens (including phenoxy) is 4. The van der Waals surface area contributed by atoms with Crippen molar-refractivity contribution in [2.45, 2.75) is 18.9 Å². The monoisotopic (exact) mass is 481 g/mol. The van der Waals surface area contributed by atoms with E-state index in [1.54, 1.807) is 49.8 Å². The van der Waals surface area contributed by atoms with Crippen LogP contribution in [0.25, 0.3) is 0 Å². The van der Waals surface area contributed by atoms with Crippen molar-refractivity contribution in [3.63, 3.8) is 0 Å². The standard InChI is InChI=1S/C26H27NO6S/c1-30-23-13-18-10-11-27(25(28)14-20-5-4-12-34-20)22(21(18)15-24(23)31-2)16-33-19-8-6-17(7-9-19)26(29)32-3/h4-9,12-13,15,22H,10-11,14,16H2,1-3H3/t22-/m1/s1. The topological polar surface area (TPSA) is 74.3 Å². The highest BCUT2D eigenvalue weighted by Gasteiger charge is 2.33. The summed E-state index contributed by atoms with van der Waals surface area (Å²) in [5, 5.41) is 1.98. The Labute approximate surface area is 202 Å². The SMILES string of the molecule is COC(=O)c1ccc(OC[C@@H]2c3cc(OC)c(OC)cc3CCN2C(=O)Cc2cccs2)cc1. The summed E-state index contributed by atoms with van der Waals surface area (Å²) in [4.78, 5) is 27.9. The fourth-order valence-electron chi connectivity index (χ4n) is 4.15. The Kier molecular flexibility index (Phi) is 7.37. The number of fused-ring (bicyclic) bond motifs is 1. The Bertz CT molecular complexity index is 1140. The Morgan fingerprint density at radius 2 is 1.76 bits per heavy atom. The molecule has 3 aromatic rings. The second kappa shape index (κ2) is 10.6. The van der Waals surface area contributed by atoms with Crippen LogP contribution in [0.4, 0.5) is 0 Å². The first-order valence-electron chi connectivity index (χ1n) is 10.9. The number of nitrogens with zero attached hydrogens (tertiary/aromatic N) is 1. The number of rotatable bonds is 8. The maximum absolute atomic E-state index is 13.3. The molecule has 1 aliphatic rings. The number of methoxy groups -OCH3 is 3. The molecule has 0 N–H and O–H groups in total. The molecule has 0 bridgehead atoms. The van der Waals surface area contributed by atoms with E-state index in [1.807, 2.05) is 34.5 Å². The second-order valence-corrected chi connectivity index (χ2v) is 8.87. The smallest absolute Gasteiger partial charge is 0.337 e. The van der Waals surface area contributed by atoms with Crippen LogP contribution in [-0.2, 0) is 22.4 Å². The van der Waals surface area contributed by atoms with Crippen LogP contribution in [0.15, 0.2) is 53.9 Å². The third kappa shape index (κ3) is 5.02.